The molecule has 0 aliphatic heterocycles. The molecule has 294 valence electrons. The van der Waals surface area contributed by atoms with E-state index in [0.717, 1.165) is 19.4 Å². The first-order chi connectivity index (χ1) is 23.9. The molecule has 0 aromatic rings. The summed E-state index contributed by atoms with van der Waals surface area (Å²) in [6.45, 7) is 14.0. The van der Waals surface area contributed by atoms with Crippen molar-refractivity contribution in [3.63, 3.8) is 0 Å². The molecule has 0 heterocycles. The van der Waals surface area contributed by atoms with E-state index in [2.05, 4.69) is 19.2 Å². The summed E-state index contributed by atoms with van der Waals surface area (Å²) in [6.07, 6.45) is 38.0. The van der Waals surface area contributed by atoms with Crippen LogP contribution in [0.1, 0.15) is 221 Å². The molecule has 6 heteroatoms. The van der Waals surface area contributed by atoms with Gasteiger partial charge in [-0.3, -0.25) is 0 Å². The summed E-state index contributed by atoms with van der Waals surface area (Å²) in [6, 6.07) is 0. The topological polar surface area (TPSA) is 66.0 Å². The van der Waals surface area contributed by atoms with Crippen molar-refractivity contribution >= 4 is 6.09 Å². The number of hydrogen-bond acceptors (Lipinski definition) is 5. The highest BCUT2D eigenvalue weighted by Crippen LogP contribution is 2.16. The van der Waals surface area contributed by atoms with Crippen molar-refractivity contribution in [2.45, 2.75) is 233 Å². The summed E-state index contributed by atoms with van der Waals surface area (Å²) in [5.41, 5.74) is -0.296. The van der Waals surface area contributed by atoms with Crippen molar-refractivity contribution in [2.24, 2.45) is 0 Å². The molecule has 0 aliphatic rings. The zero-order chi connectivity index (χ0) is 35.9. The third-order valence-electron chi connectivity index (χ3n) is 9.74. The summed E-state index contributed by atoms with van der Waals surface area (Å²) < 4.78 is 23.3. The lowest BCUT2D eigenvalue weighted by atomic mass is 10.0. The molecule has 0 aliphatic carbocycles. The minimum absolute atomic E-state index is 0.152. The zero-order valence-electron chi connectivity index (χ0n) is 33.9. The van der Waals surface area contributed by atoms with Crippen LogP contribution >= 0.6 is 0 Å². The number of carbonyl (C=O) groups excluding carboxylic acids is 1. The molecule has 0 saturated heterocycles. The number of alkyl carbamates (subject to hydrolysis) is 1. The molecule has 1 amide bonds. The van der Waals surface area contributed by atoms with Crippen LogP contribution in [-0.2, 0) is 18.9 Å². The summed E-state index contributed by atoms with van der Waals surface area (Å²) in [5.74, 6) is 0. The number of carbonyl (C=O) groups is 1. The molecule has 6 nitrogen and oxygen atoms in total. The quantitative estimate of drug-likeness (QED) is 0.0646. The fraction of sp³-hybridized carbons (Fsp3) is 0.977. The number of amides is 1. The average molecular weight is 698 g/mol. The van der Waals surface area contributed by atoms with Gasteiger partial charge in [0.25, 0.3) is 0 Å². The lowest BCUT2D eigenvalue weighted by Crippen LogP contribution is -2.37. The van der Waals surface area contributed by atoms with Gasteiger partial charge in [-0.25, -0.2) is 4.79 Å². The molecule has 1 N–H and O–H groups in total. The Kier molecular flexibility index (Phi) is 37.7. The van der Waals surface area contributed by atoms with E-state index in [0.29, 0.717) is 39.4 Å². The van der Waals surface area contributed by atoms with Crippen LogP contribution in [0.5, 0.6) is 0 Å². The van der Waals surface area contributed by atoms with Crippen LogP contribution in [0.25, 0.3) is 0 Å². The molecule has 1 atom stereocenters. The molecular weight excluding hydrogens is 610 g/mol. The minimum Gasteiger partial charge on any atom is -0.449 e. The van der Waals surface area contributed by atoms with E-state index in [-0.39, 0.29) is 11.7 Å². The van der Waals surface area contributed by atoms with E-state index in [1.165, 1.54) is 167 Å². The SMILES string of the molecule is CCCCCCCCCCCCCCCCOCC(CNC(=O)OCCC(C)(C)OCC)OCCCCCCCCCCCCCCCC. The molecule has 0 fully saturated rings. The fourth-order valence-electron chi connectivity index (χ4n) is 6.43. The Bertz CT molecular complexity index is 658. The Morgan fingerprint density at radius 1 is 0.531 bits per heavy atom. The van der Waals surface area contributed by atoms with Gasteiger partial charge in [-0.2, -0.15) is 0 Å². The highest BCUT2D eigenvalue weighted by Gasteiger charge is 2.19. The van der Waals surface area contributed by atoms with E-state index in [1.54, 1.807) is 0 Å². The van der Waals surface area contributed by atoms with Crippen LogP contribution < -0.4 is 5.32 Å². The second-order valence-corrected chi connectivity index (χ2v) is 15.2. The lowest BCUT2D eigenvalue weighted by Gasteiger charge is -2.24. The van der Waals surface area contributed by atoms with Crippen molar-refractivity contribution in [3.8, 4) is 0 Å². The Hall–Kier alpha value is -0.850. The van der Waals surface area contributed by atoms with Crippen LogP contribution in [0.3, 0.4) is 0 Å². The first-order valence-electron chi connectivity index (χ1n) is 21.7. The van der Waals surface area contributed by atoms with E-state index in [9.17, 15) is 4.79 Å². The minimum atomic E-state index is -0.399. The van der Waals surface area contributed by atoms with Gasteiger partial charge in [0.15, 0.2) is 0 Å². The Balaban J connectivity index is 4.07. The molecule has 0 saturated carbocycles. The summed E-state index contributed by atoms with van der Waals surface area (Å²) in [4.78, 5) is 12.4. The molecule has 0 bridgehead atoms. The van der Waals surface area contributed by atoms with E-state index >= 15 is 0 Å². The second kappa shape index (κ2) is 38.4. The van der Waals surface area contributed by atoms with Gasteiger partial charge in [-0.1, -0.05) is 181 Å². The Labute approximate surface area is 306 Å². The van der Waals surface area contributed by atoms with E-state index in [1.807, 2.05) is 20.8 Å². The molecule has 0 aromatic heterocycles. The summed E-state index contributed by atoms with van der Waals surface area (Å²) in [5, 5.41) is 2.90. The van der Waals surface area contributed by atoms with Crippen LogP contribution in [0.2, 0.25) is 0 Å². The first-order valence-corrected chi connectivity index (χ1v) is 21.7. The second-order valence-electron chi connectivity index (χ2n) is 15.2. The van der Waals surface area contributed by atoms with Gasteiger partial charge in [0.05, 0.1) is 24.9 Å². The standard InChI is InChI=1S/C43H87NO5/c1-6-9-11-13-15-17-19-21-23-25-27-29-31-33-36-46-40-41(39-44-42(45)48-38-35-43(4,5)49-8-3)47-37-34-32-30-28-26-24-22-20-18-16-14-12-10-7-2/h41H,6-40H2,1-5H3,(H,44,45). The van der Waals surface area contributed by atoms with Crippen LogP contribution in [0.4, 0.5) is 4.79 Å². The third-order valence-corrected chi connectivity index (χ3v) is 9.74. The average Bonchev–Trinajstić information content (AvgIpc) is 3.08. The molecule has 49 heavy (non-hydrogen) atoms. The van der Waals surface area contributed by atoms with Gasteiger partial charge in [-0.15, -0.1) is 0 Å². The maximum Gasteiger partial charge on any atom is 0.407 e. The molecule has 1 unspecified atom stereocenters. The van der Waals surface area contributed by atoms with Crippen molar-refractivity contribution in [3.05, 3.63) is 0 Å². The van der Waals surface area contributed by atoms with E-state index in [4.69, 9.17) is 18.9 Å². The lowest BCUT2D eigenvalue weighted by molar-refractivity contribution is -0.0291. The zero-order valence-corrected chi connectivity index (χ0v) is 33.9. The van der Waals surface area contributed by atoms with Crippen LogP contribution in [0.15, 0.2) is 0 Å². The molecule has 0 spiro atoms. The molecule has 0 rings (SSSR count). The maximum atomic E-state index is 12.4. The highest BCUT2D eigenvalue weighted by atomic mass is 16.6. The highest BCUT2D eigenvalue weighted by molar-refractivity contribution is 5.67. The van der Waals surface area contributed by atoms with E-state index < -0.39 is 6.09 Å². The predicted molar refractivity (Wildman–Crippen MR) is 211 cm³/mol. The summed E-state index contributed by atoms with van der Waals surface area (Å²) in [7, 11) is 0. The monoisotopic (exact) mass is 698 g/mol. The third kappa shape index (κ3) is 38.2. The first kappa shape index (κ1) is 48.1. The molecular formula is C43H87NO5. The van der Waals surface area contributed by atoms with Gasteiger partial charge in [0, 0.05) is 32.8 Å². The van der Waals surface area contributed by atoms with Gasteiger partial charge >= 0.3 is 6.09 Å². The molecule has 0 aromatic carbocycles. The fourth-order valence-corrected chi connectivity index (χ4v) is 6.43. The Morgan fingerprint density at radius 3 is 1.33 bits per heavy atom. The van der Waals surface area contributed by atoms with Crippen molar-refractivity contribution in [1.29, 1.82) is 0 Å². The number of hydrogen-bond donors (Lipinski definition) is 1. The predicted octanol–water partition coefficient (Wildman–Crippen LogP) is 13.3. The summed E-state index contributed by atoms with van der Waals surface area (Å²) >= 11 is 0. The van der Waals surface area contributed by atoms with Crippen molar-refractivity contribution in [1.82, 2.24) is 5.32 Å². The van der Waals surface area contributed by atoms with Gasteiger partial charge in [-0.05, 0) is 33.6 Å². The van der Waals surface area contributed by atoms with Crippen LogP contribution in [0, 0.1) is 0 Å². The Morgan fingerprint density at radius 2 is 0.918 bits per heavy atom. The normalized spacial score (nSPS) is 12.4. The number of rotatable bonds is 40. The number of unbranched alkanes of at least 4 members (excludes halogenated alkanes) is 26. The van der Waals surface area contributed by atoms with Gasteiger partial charge < -0.3 is 24.3 Å². The van der Waals surface area contributed by atoms with Crippen LogP contribution in [-0.4, -0.2) is 57.4 Å². The smallest absolute Gasteiger partial charge is 0.407 e. The largest absolute Gasteiger partial charge is 0.449 e. The van der Waals surface area contributed by atoms with Gasteiger partial charge in [0.1, 0.15) is 0 Å². The van der Waals surface area contributed by atoms with Gasteiger partial charge in [0.2, 0.25) is 0 Å². The molecule has 0 radical (unpaired) electrons. The van der Waals surface area contributed by atoms with Crippen molar-refractivity contribution < 1.29 is 23.7 Å². The number of nitrogens with one attached hydrogen (secondary N) is 1. The van der Waals surface area contributed by atoms with Crippen molar-refractivity contribution in [2.75, 3.05) is 39.6 Å². The maximum absolute atomic E-state index is 12.4. The number of ether oxygens (including phenoxy) is 4.